The molecule has 0 bridgehead atoms. The van der Waals surface area contributed by atoms with Gasteiger partial charge in [-0.15, -0.1) is 0 Å². The van der Waals surface area contributed by atoms with E-state index in [1.165, 1.54) is 32.2 Å². The fraction of sp³-hybridized carbons (Fsp3) is 1.00. The number of rotatable bonds is 4. The van der Waals surface area contributed by atoms with E-state index in [9.17, 15) is 0 Å². The predicted molar refractivity (Wildman–Crippen MR) is 71.0 cm³/mol. The Morgan fingerprint density at radius 3 is 2.53 bits per heavy atom. The van der Waals surface area contributed by atoms with Gasteiger partial charge in [-0.2, -0.15) is 0 Å². The average Bonchev–Trinajstić information content (AvgIpc) is 2.13. The Morgan fingerprint density at radius 2 is 2.06 bits per heavy atom. The van der Waals surface area contributed by atoms with Crippen molar-refractivity contribution in [2.24, 2.45) is 11.1 Å². The molecule has 0 aromatic heterocycles. The Labute approximate surface area is 106 Å². The summed E-state index contributed by atoms with van der Waals surface area (Å²) in [5.74, 6) is 0. The Bertz CT molecular complexity index is 255. The predicted octanol–water partition coefficient (Wildman–Crippen LogP) is 2.00. The topological polar surface area (TPSA) is 38.5 Å². The molecule has 0 amide bonds. The molecule has 3 heteroatoms. The molecule has 2 fully saturated rings. The summed E-state index contributed by atoms with van der Waals surface area (Å²) >= 11 is 0. The number of hydrogen-bond donors (Lipinski definition) is 1. The van der Waals surface area contributed by atoms with Crippen LogP contribution in [0.4, 0.5) is 0 Å². The Morgan fingerprint density at radius 1 is 1.35 bits per heavy atom. The Kier molecular flexibility index (Phi) is 3.81. The lowest BCUT2D eigenvalue weighted by atomic mass is 9.66. The van der Waals surface area contributed by atoms with Crippen LogP contribution in [0.5, 0.6) is 0 Å². The summed E-state index contributed by atoms with van der Waals surface area (Å²) in [5, 5.41) is 0. The number of ether oxygens (including phenoxy) is 1. The summed E-state index contributed by atoms with van der Waals surface area (Å²) in [6.45, 7) is 10.7. The molecular weight excluding hydrogens is 212 g/mol. The molecule has 2 N–H and O–H groups in total. The molecule has 0 aromatic carbocycles. The van der Waals surface area contributed by atoms with Gasteiger partial charge in [0.25, 0.3) is 0 Å². The molecule has 1 aliphatic carbocycles. The van der Waals surface area contributed by atoms with Gasteiger partial charge >= 0.3 is 0 Å². The van der Waals surface area contributed by atoms with Gasteiger partial charge in [-0.05, 0) is 58.5 Å². The summed E-state index contributed by atoms with van der Waals surface area (Å²) in [4.78, 5) is 2.56. The van der Waals surface area contributed by atoms with Crippen LogP contribution in [0.2, 0.25) is 0 Å². The summed E-state index contributed by atoms with van der Waals surface area (Å²) < 4.78 is 5.94. The third kappa shape index (κ3) is 3.21. The van der Waals surface area contributed by atoms with Gasteiger partial charge in [0, 0.05) is 13.1 Å². The minimum absolute atomic E-state index is 0.00710. The molecule has 1 saturated heterocycles. The van der Waals surface area contributed by atoms with Gasteiger partial charge in [-0.1, -0.05) is 6.42 Å². The van der Waals surface area contributed by atoms with Crippen LogP contribution in [-0.2, 0) is 4.74 Å². The highest BCUT2D eigenvalue weighted by molar-refractivity contribution is 4.90. The fourth-order valence-electron chi connectivity index (χ4n) is 3.38. The van der Waals surface area contributed by atoms with Crippen LogP contribution < -0.4 is 5.73 Å². The van der Waals surface area contributed by atoms with Crippen molar-refractivity contribution in [1.29, 1.82) is 0 Å². The van der Waals surface area contributed by atoms with E-state index in [1.54, 1.807) is 0 Å². The van der Waals surface area contributed by atoms with Crippen molar-refractivity contribution in [2.75, 3.05) is 26.2 Å². The SMILES string of the molecule is CC1CN(CCC2(CN)CCC2)CC(C)(C)O1. The second-order valence-corrected chi connectivity index (χ2v) is 6.73. The van der Waals surface area contributed by atoms with Crippen molar-refractivity contribution in [3.63, 3.8) is 0 Å². The molecule has 0 aromatic rings. The monoisotopic (exact) mass is 240 g/mol. The number of morpholine rings is 1. The van der Waals surface area contributed by atoms with Gasteiger partial charge in [-0.3, -0.25) is 4.90 Å². The molecule has 2 rings (SSSR count). The van der Waals surface area contributed by atoms with Crippen LogP contribution in [-0.4, -0.2) is 42.8 Å². The lowest BCUT2D eigenvalue weighted by Gasteiger charge is -2.45. The number of nitrogens with two attached hydrogens (primary N) is 1. The maximum absolute atomic E-state index is 5.94. The van der Waals surface area contributed by atoms with E-state index in [0.717, 1.165) is 19.6 Å². The molecule has 1 heterocycles. The van der Waals surface area contributed by atoms with E-state index < -0.39 is 0 Å². The van der Waals surface area contributed by atoms with Gasteiger partial charge in [0.15, 0.2) is 0 Å². The van der Waals surface area contributed by atoms with E-state index >= 15 is 0 Å². The minimum atomic E-state index is 0.00710. The standard InChI is InChI=1S/C14H28N2O/c1-12-9-16(11-13(2,3)17-12)8-7-14(10-15)5-4-6-14/h12H,4-11,15H2,1-3H3. The number of nitrogens with zero attached hydrogens (tertiary/aromatic N) is 1. The average molecular weight is 240 g/mol. The van der Waals surface area contributed by atoms with Gasteiger partial charge < -0.3 is 10.5 Å². The summed E-state index contributed by atoms with van der Waals surface area (Å²) in [6, 6.07) is 0. The molecule has 3 nitrogen and oxygen atoms in total. The molecule has 100 valence electrons. The van der Waals surface area contributed by atoms with Crippen LogP contribution in [0, 0.1) is 5.41 Å². The second kappa shape index (κ2) is 4.87. The maximum atomic E-state index is 5.94. The molecule has 17 heavy (non-hydrogen) atoms. The van der Waals surface area contributed by atoms with Crippen molar-refractivity contribution in [3.8, 4) is 0 Å². The van der Waals surface area contributed by atoms with E-state index in [1.807, 2.05) is 0 Å². The van der Waals surface area contributed by atoms with Crippen LogP contribution in [0.1, 0.15) is 46.5 Å². The summed E-state index contributed by atoms with van der Waals surface area (Å²) in [5.41, 5.74) is 6.41. The van der Waals surface area contributed by atoms with Crippen LogP contribution >= 0.6 is 0 Å². The Balaban J connectivity index is 1.82. The van der Waals surface area contributed by atoms with Crippen LogP contribution in [0.3, 0.4) is 0 Å². The van der Waals surface area contributed by atoms with E-state index in [4.69, 9.17) is 10.5 Å². The quantitative estimate of drug-likeness (QED) is 0.817. The van der Waals surface area contributed by atoms with Crippen LogP contribution in [0.15, 0.2) is 0 Å². The summed E-state index contributed by atoms with van der Waals surface area (Å²) in [7, 11) is 0. The normalized spacial score (nSPS) is 32.1. The van der Waals surface area contributed by atoms with E-state index in [2.05, 4.69) is 25.7 Å². The fourth-order valence-corrected chi connectivity index (χ4v) is 3.38. The molecule has 0 radical (unpaired) electrons. The highest BCUT2D eigenvalue weighted by atomic mass is 16.5. The van der Waals surface area contributed by atoms with Crippen molar-refractivity contribution in [3.05, 3.63) is 0 Å². The van der Waals surface area contributed by atoms with Crippen molar-refractivity contribution in [1.82, 2.24) is 4.90 Å². The maximum Gasteiger partial charge on any atom is 0.0757 e. The minimum Gasteiger partial charge on any atom is -0.370 e. The zero-order valence-corrected chi connectivity index (χ0v) is 11.7. The second-order valence-electron chi connectivity index (χ2n) is 6.73. The zero-order chi connectivity index (χ0) is 12.5. The molecule has 1 saturated carbocycles. The first-order valence-electron chi connectivity index (χ1n) is 7.05. The third-order valence-corrected chi connectivity index (χ3v) is 4.45. The largest absolute Gasteiger partial charge is 0.370 e. The lowest BCUT2D eigenvalue weighted by molar-refractivity contribution is -0.130. The van der Waals surface area contributed by atoms with Gasteiger partial charge in [0.05, 0.1) is 11.7 Å². The summed E-state index contributed by atoms with van der Waals surface area (Å²) in [6.07, 6.45) is 5.68. The smallest absolute Gasteiger partial charge is 0.0757 e. The van der Waals surface area contributed by atoms with Gasteiger partial charge in [0.2, 0.25) is 0 Å². The zero-order valence-electron chi connectivity index (χ0n) is 11.7. The van der Waals surface area contributed by atoms with Crippen molar-refractivity contribution in [2.45, 2.75) is 58.2 Å². The van der Waals surface area contributed by atoms with Gasteiger partial charge in [0.1, 0.15) is 0 Å². The first-order valence-corrected chi connectivity index (χ1v) is 7.05. The number of hydrogen-bond acceptors (Lipinski definition) is 3. The molecule has 1 aliphatic heterocycles. The highest BCUT2D eigenvalue weighted by Crippen LogP contribution is 2.43. The molecule has 2 aliphatic rings. The van der Waals surface area contributed by atoms with Crippen molar-refractivity contribution < 1.29 is 4.74 Å². The van der Waals surface area contributed by atoms with Crippen molar-refractivity contribution >= 4 is 0 Å². The van der Waals surface area contributed by atoms with Crippen LogP contribution in [0.25, 0.3) is 0 Å². The molecule has 1 atom stereocenters. The first-order chi connectivity index (χ1) is 7.95. The van der Waals surface area contributed by atoms with E-state index in [0.29, 0.717) is 11.5 Å². The highest BCUT2D eigenvalue weighted by Gasteiger charge is 2.37. The molecule has 0 spiro atoms. The van der Waals surface area contributed by atoms with Gasteiger partial charge in [-0.25, -0.2) is 0 Å². The molecule has 1 unspecified atom stereocenters. The van der Waals surface area contributed by atoms with E-state index in [-0.39, 0.29) is 5.60 Å². The first kappa shape index (κ1) is 13.3. The third-order valence-electron chi connectivity index (χ3n) is 4.45. The lowest BCUT2D eigenvalue weighted by Crippen LogP contribution is -2.53. The Hall–Kier alpha value is -0.120. The molecular formula is C14H28N2O.